The predicted molar refractivity (Wildman–Crippen MR) is 91.4 cm³/mol. The first-order chi connectivity index (χ1) is 12.4. The summed E-state index contributed by atoms with van der Waals surface area (Å²) in [5.41, 5.74) is 0.731. The summed E-state index contributed by atoms with van der Waals surface area (Å²) in [5.74, 6) is -1.87. The van der Waals surface area contributed by atoms with Crippen LogP contribution in [0.3, 0.4) is 0 Å². The van der Waals surface area contributed by atoms with E-state index in [4.69, 9.17) is 14.3 Å². The lowest BCUT2D eigenvalue weighted by Crippen LogP contribution is -2.46. The minimum atomic E-state index is -5.08. The van der Waals surface area contributed by atoms with Gasteiger partial charge in [0.2, 0.25) is 0 Å². The number of hydrogen-bond acceptors (Lipinski definition) is 4. The second-order valence-corrected chi connectivity index (χ2v) is 7.27. The van der Waals surface area contributed by atoms with Crippen LogP contribution in [0.4, 0.5) is 13.2 Å². The molecule has 3 rings (SSSR count). The molecule has 0 aromatic carbocycles. The summed E-state index contributed by atoms with van der Waals surface area (Å²) >= 11 is 0. The van der Waals surface area contributed by atoms with Gasteiger partial charge < -0.3 is 14.4 Å². The molecule has 2 aliphatic rings. The van der Waals surface area contributed by atoms with Gasteiger partial charge in [-0.3, -0.25) is 9.69 Å². The van der Waals surface area contributed by atoms with Gasteiger partial charge in [0.15, 0.2) is 0 Å². The van der Waals surface area contributed by atoms with E-state index in [-0.39, 0.29) is 5.91 Å². The number of likely N-dealkylation sites (N-methyl/N-ethyl adjacent to an activating group) is 1. The molecular weight excluding hydrogens is 365 g/mol. The molecule has 0 radical (unpaired) electrons. The fraction of sp³-hybridized carbons (Fsp3) is 0.667. The van der Waals surface area contributed by atoms with Gasteiger partial charge >= 0.3 is 12.1 Å². The number of carbonyl (C=O) groups excluding carboxylic acids is 1. The molecule has 0 spiro atoms. The van der Waals surface area contributed by atoms with E-state index in [0.29, 0.717) is 24.2 Å². The molecule has 2 aliphatic heterocycles. The summed E-state index contributed by atoms with van der Waals surface area (Å²) < 4.78 is 37.0. The summed E-state index contributed by atoms with van der Waals surface area (Å²) in [6.07, 6.45) is -0.0783. The third-order valence-corrected chi connectivity index (χ3v) is 5.41. The van der Waals surface area contributed by atoms with Gasteiger partial charge in [0, 0.05) is 24.2 Å². The number of amides is 1. The molecule has 9 heteroatoms. The summed E-state index contributed by atoms with van der Waals surface area (Å²) in [5, 5.41) is 7.12. The molecule has 2 unspecified atom stereocenters. The number of aryl methyl sites for hydroxylation is 1. The number of hydrogen-bond donors (Lipinski definition) is 1. The highest BCUT2D eigenvalue weighted by molar-refractivity contribution is 5.96. The molecule has 2 fully saturated rings. The normalized spacial score (nSPS) is 24.3. The van der Waals surface area contributed by atoms with E-state index in [2.05, 4.69) is 30.7 Å². The van der Waals surface area contributed by atoms with Crippen LogP contribution in [-0.4, -0.2) is 64.2 Å². The number of carboxylic acid groups (broad SMARTS) is 1. The summed E-state index contributed by atoms with van der Waals surface area (Å²) in [6, 6.07) is 3.61. The number of aliphatic carboxylic acids is 1. The average Bonchev–Trinajstić information content (AvgIpc) is 3.27. The van der Waals surface area contributed by atoms with Crippen LogP contribution in [0.25, 0.3) is 0 Å². The average molecular weight is 390 g/mol. The Morgan fingerprint density at radius 2 is 1.93 bits per heavy atom. The Morgan fingerprint density at radius 1 is 1.33 bits per heavy atom. The number of alkyl halides is 3. The van der Waals surface area contributed by atoms with Crippen molar-refractivity contribution < 1.29 is 32.3 Å². The van der Waals surface area contributed by atoms with E-state index in [9.17, 15) is 18.0 Å². The molecular formula is C18H25F3N2O4. The highest BCUT2D eigenvalue weighted by Crippen LogP contribution is 2.41. The molecule has 1 aromatic rings. The Balaban J connectivity index is 0.000000321. The fourth-order valence-corrected chi connectivity index (χ4v) is 3.84. The Hall–Kier alpha value is -2.03. The fourth-order valence-electron chi connectivity index (χ4n) is 3.84. The minimum absolute atomic E-state index is 0.156. The minimum Gasteiger partial charge on any atom is -0.475 e. The number of carbonyl (C=O) groups is 2. The van der Waals surface area contributed by atoms with Gasteiger partial charge in [0.1, 0.15) is 5.76 Å². The zero-order valence-electron chi connectivity index (χ0n) is 15.8. The molecule has 1 aromatic heterocycles. The first kappa shape index (κ1) is 21.3. The predicted octanol–water partition coefficient (Wildman–Crippen LogP) is 3.31. The van der Waals surface area contributed by atoms with Crippen LogP contribution in [0, 0.1) is 6.92 Å². The topological polar surface area (TPSA) is 74.0 Å². The van der Waals surface area contributed by atoms with E-state index < -0.39 is 12.1 Å². The number of carboxylic acids is 1. The van der Waals surface area contributed by atoms with Crippen LogP contribution in [0.2, 0.25) is 0 Å². The standard InChI is InChI=1S/C16H24N2O2.C2HF3O2/c1-10(2)17(4)15-9-12-5-6-14(15)18(12)16(19)13-7-8-20-11(13)3;3-2(4,5)1(6)7/h7-8,10,12,14-15H,5-6,9H2,1-4H3;(H,6,7)/t12?,14?,15-;/m1./s1. The van der Waals surface area contributed by atoms with Crippen LogP contribution in [-0.2, 0) is 4.79 Å². The van der Waals surface area contributed by atoms with Gasteiger partial charge in [-0.25, -0.2) is 4.79 Å². The van der Waals surface area contributed by atoms with Gasteiger partial charge in [0.05, 0.1) is 11.8 Å². The molecule has 2 bridgehead atoms. The zero-order valence-corrected chi connectivity index (χ0v) is 15.8. The maximum absolute atomic E-state index is 12.8. The maximum Gasteiger partial charge on any atom is 0.490 e. The summed E-state index contributed by atoms with van der Waals surface area (Å²) in [6.45, 7) is 6.31. The van der Waals surface area contributed by atoms with Crippen LogP contribution in [0.1, 0.15) is 49.2 Å². The lowest BCUT2D eigenvalue weighted by Gasteiger charge is -2.34. The molecule has 1 N–H and O–H groups in total. The number of furan rings is 1. The molecule has 0 saturated carbocycles. The van der Waals surface area contributed by atoms with Crippen molar-refractivity contribution in [2.45, 2.75) is 70.4 Å². The zero-order chi connectivity index (χ0) is 20.5. The molecule has 2 saturated heterocycles. The number of nitrogens with zero attached hydrogens (tertiary/aromatic N) is 2. The first-order valence-electron chi connectivity index (χ1n) is 8.84. The van der Waals surface area contributed by atoms with Crippen LogP contribution >= 0.6 is 0 Å². The number of halogens is 3. The second kappa shape index (κ2) is 7.92. The monoisotopic (exact) mass is 390 g/mol. The summed E-state index contributed by atoms with van der Waals surface area (Å²) in [7, 11) is 2.18. The van der Waals surface area contributed by atoms with E-state index in [1.165, 1.54) is 0 Å². The molecule has 0 aliphatic carbocycles. The van der Waals surface area contributed by atoms with Gasteiger partial charge in [0.25, 0.3) is 5.91 Å². The molecule has 27 heavy (non-hydrogen) atoms. The van der Waals surface area contributed by atoms with Gasteiger partial charge in [-0.05, 0) is 53.1 Å². The Bertz CT molecular complexity index is 686. The van der Waals surface area contributed by atoms with Crippen molar-refractivity contribution in [1.82, 2.24) is 9.80 Å². The number of fused-ring (bicyclic) bond motifs is 2. The Morgan fingerprint density at radius 3 is 2.37 bits per heavy atom. The molecule has 1 amide bonds. The third-order valence-electron chi connectivity index (χ3n) is 5.41. The van der Waals surface area contributed by atoms with E-state index in [1.54, 1.807) is 12.3 Å². The molecule has 3 atom stereocenters. The van der Waals surface area contributed by atoms with E-state index >= 15 is 0 Å². The van der Waals surface area contributed by atoms with Crippen molar-refractivity contribution in [3.63, 3.8) is 0 Å². The number of rotatable bonds is 3. The highest BCUT2D eigenvalue weighted by Gasteiger charge is 2.50. The smallest absolute Gasteiger partial charge is 0.475 e. The van der Waals surface area contributed by atoms with Crippen LogP contribution < -0.4 is 0 Å². The quantitative estimate of drug-likeness (QED) is 0.857. The van der Waals surface area contributed by atoms with E-state index in [1.807, 2.05) is 6.92 Å². The maximum atomic E-state index is 12.8. The lowest BCUT2D eigenvalue weighted by atomic mass is 9.94. The van der Waals surface area contributed by atoms with Gasteiger partial charge in [-0.1, -0.05) is 0 Å². The lowest BCUT2D eigenvalue weighted by molar-refractivity contribution is -0.192. The van der Waals surface area contributed by atoms with Gasteiger partial charge in [-0.15, -0.1) is 0 Å². The highest BCUT2D eigenvalue weighted by atomic mass is 19.4. The van der Waals surface area contributed by atoms with Crippen molar-refractivity contribution in [3.8, 4) is 0 Å². The molecule has 3 heterocycles. The first-order valence-corrected chi connectivity index (χ1v) is 8.84. The van der Waals surface area contributed by atoms with Crippen LogP contribution in [0.5, 0.6) is 0 Å². The van der Waals surface area contributed by atoms with Crippen molar-refractivity contribution >= 4 is 11.9 Å². The van der Waals surface area contributed by atoms with Gasteiger partial charge in [-0.2, -0.15) is 13.2 Å². The summed E-state index contributed by atoms with van der Waals surface area (Å²) in [4.78, 5) is 26.2. The SMILES string of the molecule is Cc1occc1C(=O)N1C2CCC1[C@H](N(C)C(C)C)C2.O=C(O)C(F)(F)F. The Kier molecular flexibility index (Phi) is 6.24. The second-order valence-electron chi connectivity index (χ2n) is 7.27. The van der Waals surface area contributed by atoms with Crippen molar-refractivity contribution in [2.24, 2.45) is 0 Å². The van der Waals surface area contributed by atoms with Crippen molar-refractivity contribution in [2.75, 3.05) is 7.05 Å². The molecule has 152 valence electrons. The van der Waals surface area contributed by atoms with Crippen molar-refractivity contribution in [3.05, 3.63) is 23.7 Å². The van der Waals surface area contributed by atoms with Crippen LogP contribution in [0.15, 0.2) is 16.7 Å². The largest absolute Gasteiger partial charge is 0.490 e. The molecule has 6 nitrogen and oxygen atoms in total. The Labute approximate surface area is 155 Å². The van der Waals surface area contributed by atoms with Crippen molar-refractivity contribution in [1.29, 1.82) is 0 Å². The third kappa shape index (κ3) is 4.45. The van der Waals surface area contributed by atoms with E-state index in [0.717, 1.165) is 30.6 Å².